The van der Waals surface area contributed by atoms with Crippen LogP contribution < -0.4 is 4.74 Å². The van der Waals surface area contributed by atoms with Crippen LogP contribution >= 0.6 is 0 Å². The van der Waals surface area contributed by atoms with Gasteiger partial charge in [-0.1, -0.05) is 172 Å². The number of benzene rings is 1. The van der Waals surface area contributed by atoms with Gasteiger partial charge in [0.05, 0.1) is 6.61 Å². The van der Waals surface area contributed by atoms with Gasteiger partial charge in [-0.2, -0.15) is 0 Å². The van der Waals surface area contributed by atoms with E-state index in [4.69, 9.17) is 9.47 Å². The Morgan fingerprint density at radius 1 is 0.411 bits per heavy atom. The van der Waals surface area contributed by atoms with Crippen molar-refractivity contribution in [2.24, 2.45) is 0 Å². The van der Waals surface area contributed by atoms with Crippen LogP contribution in [-0.2, 0) is 20.7 Å². The van der Waals surface area contributed by atoms with Crippen LogP contribution in [-0.4, -0.2) is 18.5 Å². The minimum Gasteiger partial charge on any atom is -0.465 e. The smallest absolute Gasteiger partial charge is 0.311 e. The molecular weight excluding hydrogens is 689 g/mol. The topological polar surface area (TPSA) is 52.6 Å². The third kappa shape index (κ3) is 34.8. The largest absolute Gasteiger partial charge is 0.465 e. The zero-order chi connectivity index (χ0) is 40.3. The van der Waals surface area contributed by atoms with Crippen molar-refractivity contribution >= 4 is 11.9 Å². The number of hydrogen-bond acceptors (Lipinski definition) is 4. The van der Waals surface area contributed by atoms with Crippen molar-refractivity contribution in [1.29, 1.82) is 0 Å². The van der Waals surface area contributed by atoms with Crippen molar-refractivity contribution in [2.45, 2.75) is 123 Å². The molecule has 4 nitrogen and oxygen atoms in total. The maximum atomic E-state index is 12.2. The summed E-state index contributed by atoms with van der Waals surface area (Å²) in [6.45, 7) is 4.63. The van der Waals surface area contributed by atoms with E-state index in [-0.39, 0.29) is 11.9 Å². The van der Waals surface area contributed by atoms with Crippen LogP contribution in [0, 0.1) is 0 Å². The molecule has 0 aliphatic heterocycles. The summed E-state index contributed by atoms with van der Waals surface area (Å²) in [4.78, 5) is 24.3. The van der Waals surface area contributed by atoms with E-state index < -0.39 is 0 Å². The quantitative estimate of drug-likeness (QED) is 0.0417. The highest BCUT2D eigenvalue weighted by molar-refractivity contribution is 5.72. The fraction of sp³-hybridized carbons (Fsp3) is 0.385. The van der Waals surface area contributed by atoms with Crippen LogP contribution in [0.15, 0.2) is 170 Å². The Bertz CT molecular complexity index is 1490. The second-order valence-electron chi connectivity index (χ2n) is 13.0. The predicted molar refractivity (Wildman–Crippen MR) is 242 cm³/mol. The number of rotatable bonds is 32. The van der Waals surface area contributed by atoms with Crippen molar-refractivity contribution in [3.05, 3.63) is 176 Å². The first-order chi connectivity index (χ1) is 27.7. The number of allylic oxidation sites excluding steroid dienone is 24. The molecule has 4 heteroatoms. The highest BCUT2D eigenvalue weighted by Gasteiger charge is 2.05. The molecule has 0 saturated carbocycles. The lowest BCUT2D eigenvalue weighted by Gasteiger charge is -2.06. The molecule has 0 fully saturated rings. The molecule has 302 valence electrons. The zero-order valence-corrected chi connectivity index (χ0v) is 34.5. The van der Waals surface area contributed by atoms with Crippen molar-refractivity contribution in [3.8, 4) is 5.75 Å². The molecule has 0 aliphatic rings. The van der Waals surface area contributed by atoms with Gasteiger partial charge in [0.2, 0.25) is 0 Å². The van der Waals surface area contributed by atoms with Crippen LogP contribution in [0.3, 0.4) is 0 Å². The molecule has 0 saturated heterocycles. The first kappa shape index (κ1) is 49.1. The maximum absolute atomic E-state index is 12.2. The van der Waals surface area contributed by atoms with E-state index in [2.05, 4.69) is 148 Å². The molecule has 0 N–H and O–H groups in total. The van der Waals surface area contributed by atoms with Gasteiger partial charge >= 0.3 is 11.9 Å². The lowest BCUT2D eigenvalue weighted by atomic mass is 10.1. The van der Waals surface area contributed by atoms with Gasteiger partial charge in [-0.25, -0.2) is 0 Å². The highest BCUT2D eigenvalue weighted by atomic mass is 16.5. The van der Waals surface area contributed by atoms with Gasteiger partial charge in [-0.05, 0) is 108 Å². The second-order valence-corrected chi connectivity index (χ2v) is 13.0. The summed E-state index contributed by atoms with van der Waals surface area (Å²) in [7, 11) is 0. The van der Waals surface area contributed by atoms with Crippen LogP contribution in [0.2, 0.25) is 0 Å². The van der Waals surface area contributed by atoms with E-state index in [9.17, 15) is 9.59 Å². The normalized spacial score (nSPS) is 13.0. The van der Waals surface area contributed by atoms with E-state index in [0.29, 0.717) is 44.5 Å². The molecule has 1 rings (SSSR count). The highest BCUT2D eigenvalue weighted by Crippen LogP contribution is 2.14. The molecule has 1 aromatic rings. The lowest BCUT2D eigenvalue weighted by Crippen LogP contribution is -2.08. The monoisotopic (exact) mass is 759 g/mol. The average Bonchev–Trinajstić information content (AvgIpc) is 3.20. The molecule has 0 heterocycles. The number of carbonyl (C=O) groups excluding carboxylic acids is 2. The van der Waals surface area contributed by atoms with E-state index in [1.54, 1.807) is 12.1 Å². The molecule has 0 bridgehead atoms. The standard InChI is InChI=1S/C52H70O4/c1-3-5-7-9-11-13-15-17-19-21-23-25-27-29-31-33-35-37-39-41-51(53)55-48-47-49-43-45-50(46-44-49)56-52(54)42-40-38-36-34-32-30-28-26-24-22-20-18-16-14-12-10-8-6-4-2/h5-8,11-14,17-20,23-26,29-32,35-38,43-46H,3-4,9-10,15-16,21-22,27-28,33-34,39-42,47-48H2,1-2H3/b7-5+,8-6+,13-11+,14-12+,19-17+,20-18+,25-23+,26-24+,31-29+,32-30+,37-35+,38-36+. The summed E-state index contributed by atoms with van der Waals surface area (Å²) >= 11 is 0. The minimum atomic E-state index is -0.252. The van der Waals surface area contributed by atoms with E-state index in [0.717, 1.165) is 82.6 Å². The molecule has 0 aromatic heterocycles. The van der Waals surface area contributed by atoms with E-state index in [1.807, 2.05) is 24.3 Å². The molecule has 0 unspecified atom stereocenters. The third-order valence-electron chi connectivity index (χ3n) is 8.03. The van der Waals surface area contributed by atoms with Gasteiger partial charge in [0.1, 0.15) is 5.75 Å². The van der Waals surface area contributed by atoms with E-state index in [1.165, 1.54) is 0 Å². The molecular formula is C52H70O4. The Hall–Kier alpha value is -4.96. The Balaban J connectivity index is 2.06. The first-order valence-electron chi connectivity index (χ1n) is 20.9. The number of hydrogen-bond donors (Lipinski definition) is 0. The van der Waals surface area contributed by atoms with Gasteiger partial charge < -0.3 is 9.47 Å². The van der Waals surface area contributed by atoms with Gasteiger partial charge in [-0.15, -0.1) is 0 Å². The van der Waals surface area contributed by atoms with Crippen molar-refractivity contribution in [1.82, 2.24) is 0 Å². The fourth-order valence-electron chi connectivity index (χ4n) is 4.94. The maximum Gasteiger partial charge on any atom is 0.311 e. The van der Waals surface area contributed by atoms with E-state index >= 15 is 0 Å². The Kier molecular flexibility index (Phi) is 34.8. The van der Waals surface area contributed by atoms with Gasteiger partial charge in [0, 0.05) is 19.3 Å². The second kappa shape index (κ2) is 39.7. The molecule has 0 spiro atoms. The van der Waals surface area contributed by atoms with Gasteiger partial charge in [0.15, 0.2) is 0 Å². The third-order valence-corrected chi connectivity index (χ3v) is 8.03. The molecule has 0 aliphatic carbocycles. The fourth-order valence-corrected chi connectivity index (χ4v) is 4.94. The van der Waals surface area contributed by atoms with Crippen molar-refractivity contribution in [3.63, 3.8) is 0 Å². The predicted octanol–water partition coefficient (Wildman–Crippen LogP) is 14.6. The number of carbonyl (C=O) groups is 2. The summed E-state index contributed by atoms with van der Waals surface area (Å²) in [6, 6.07) is 7.38. The Morgan fingerprint density at radius 2 is 0.714 bits per heavy atom. The lowest BCUT2D eigenvalue weighted by molar-refractivity contribution is -0.143. The Morgan fingerprint density at radius 3 is 1.05 bits per heavy atom. The molecule has 56 heavy (non-hydrogen) atoms. The number of ether oxygens (including phenoxy) is 2. The van der Waals surface area contributed by atoms with Crippen LogP contribution in [0.4, 0.5) is 0 Å². The van der Waals surface area contributed by atoms with Gasteiger partial charge in [0.25, 0.3) is 0 Å². The SMILES string of the molecule is CC/C=C/C/C=C/C/C=C/C/C=C/C/C=C/C/C=C/CCC(=O)OCCc1ccc(OC(=O)CC/C=C/C/C=C/C/C=C/C/C=C/C/C=C/C/C=C/CC)cc1. The summed E-state index contributed by atoms with van der Waals surface area (Å²) in [5.41, 5.74) is 1.02. The molecule has 0 radical (unpaired) electrons. The summed E-state index contributed by atoms with van der Waals surface area (Å²) in [6.07, 6.45) is 66.4. The Labute approximate surface area is 340 Å². The van der Waals surface area contributed by atoms with Crippen molar-refractivity contribution in [2.75, 3.05) is 6.61 Å². The first-order valence-corrected chi connectivity index (χ1v) is 20.9. The van der Waals surface area contributed by atoms with Gasteiger partial charge in [-0.3, -0.25) is 9.59 Å². The zero-order valence-electron chi connectivity index (χ0n) is 34.5. The number of esters is 2. The summed E-state index contributed by atoms with van der Waals surface area (Å²) < 4.78 is 10.9. The summed E-state index contributed by atoms with van der Waals surface area (Å²) in [5, 5.41) is 0. The van der Waals surface area contributed by atoms with Crippen LogP contribution in [0.5, 0.6) is 5.75 Å². The molecule has 0 amide bonds. The van der Waals surface area contributed by atoms with Crippen LogP contribution in [0.1, 0.15) is 122 Å². The average molecular weight is 759 g/mol. The summed E-state index contributed by atoms with van der Waals surface area (Å²) in [5.74, 6) is 0.0787. The molecule has 1 aromatic carbocycles. The minimum absolute atomic E-state index is 0.193. The molecule has 0 atom stereocenters. The van der Waals surface area contributed by atoms with Crippen molar-refractivity contribution < 1.29 is 19.1 Å². The van der Waals surface area contributed by atoms with Crippen LogP contribution in [0.25, 0.3) is 0 Å².